The highest BCUT2D eigenvalue weighted by molar-refractivity contribution is 7.94. The van der Waals surface area contributed by atoms with Crippen LogP contribution in [0.25, 0.3) is 0 Å². The summed E-state index contributed by atoms with van der Waals surface area (Å²) in [7, 11) is -1.66. The highest BCUT2D eigenvalue weighted by Crippen LogP contribution is 2.24. The number of sulfonamides is 1. The van der Waals surface area contributed by atoms with Crippen LogP contribution in [0.4, 0.5) is 5.69 Å². The van der Waals surface area contributed by atoms with Crippen LogP contribution in [0, 0.1) is 0 Å². The minimum absolute atomic E-state index is 0.338. The summed E-state index contributed by atoms with van der Waals surface area (Å²) in [6, 6.07) is 11.0. The number of rotatable bonds is 7. The Kier molecular flexibility index (Phi) is 5.39. The van der Waals surface area contributed by atoms with Crippen LogP contribution >= 0.6 is 11.3 Å². The van der Waals surface area contributed by atoms with Gasteiger partial charge in [-0.3, -0.25) is 4.72 Å². The summed E-state index contributed by atoms with van der Waals surface area (Å²) in [4.78, 5) is 0.996. The fourth-order valence-electron chi connectivity index (χ4n) is 2.01. The maximum Gasteiger partial charge on any atom is 0.271 e. The first-order valence-electron chi connectivity index (χ1n) is 6.90. The van der Waals surface area contributed by atoms with Crippen LogP contribution in [-0.2, 0) is 23.0 Å². The van der Waals surface area contributed by atoms with Gasteiger partial charge in [0.15, 0.2) is 0 Å². The second-order valence-corrected chi connectivity index (χ2v) is 7.88. The SMILES string of the molecule is CCCc1ccc(NS(=O)(=O)c2ccc(CNC)s2)cc1. The molecule has 1 aromatic heterocycles. The number of anilines is 1. The largest absolute Gasteiger partial charge is 0.315 e. The summed E-state index contributed by atoms with van der Waals surface area (Å²) >= 11 is 1.28. The molecule has 0 saturated heterocycles. The van der Waals surface area contributed by atoms with Crippen molar-refractivity contribution in [2.45, 2.75) is 30.5 Å². The topological polar surface area (TPSA) is 58.2 Å². The van der Waals surface area contributed by atoms with Crippen LogP contribution in [-0.4, -0.2) is 15.5 Å². The molecule has 0 aliphatic rings. The van der Waals surface area contributed by atoms with Gasteiger partial charge in [-0.15, -0.1) is 11.3 Å². The van der Waals surface area contributed by atoms with Crippen LogP contribution in [0.3, 0.4) is 0 Å². The molecule has 0 saturated carbocycles. The quantitative estimate of drug-likeness (QED) is 0.822. The number of aryl methyl sites for hydroxylation is 1. The molecule has 2 rings (SSSR count). The van der Waals surface area contributed by atoms with Gasteiger partial charge in [0.25, 0.3) is 10.0 Å². The summed E-state index contributed by atoms with van der Waals surface area (Å²) in [5, 5.41) is 3.01. The normalized spacial score (nSPS) is 11.5. The van der Waals surface area contributed by atoms with Crippen molar-refractivity contribution in [1.29, 1.82) is 0 Å². The molecule has 2 aromatic rings. The van der Waals surface area contributed by atoms with E-state index in [1.165, 1.54) is 16.9 Å². The Bertz CT molecular complexity index is 676. The lowest BCUT2D eigenvalue weighted by Crippen LogP contribution is -2.11. The van der Waals surface area contributed by atoms with Gasteiger partial charge in [0.2, 0.25) is 0 Å². The first-order chi connectivity index (χ1) is 10.0. The van der Waals surface area contributed by atoms with E-state index in [0.29, 0.717) is 16.4 Å². The molecular weight excluding hydrogens is 304 g/mol. The van der Waals surface area contributed by atoms with E-state index in [2.05, 4.69) is 17.0 Å². The van der Waals surface area contributed by atoms with Gasteiger partial charge in [0.1, 0.15) is 4.21 Å². The zero-order valence-electron chi connectivity index (χ0n) is 12.2. The van der Waals surface area contributed by atoms with Gasteiger partial charge in [-0.2, -0.15) is 0 Å². The number of benzene rings is 1. The van der Waals surface area contributed by atoms with E-state index in [-0.39, 0.29) is 0 Å². The molecule has 6 heteroatoms. The van der Waals surface area contributed by atoms with E-state index < -0.39 is 10.0 Å². The van der Waals surface area contributed by atoms with E-state index in [1.54, 1.807) is 6.07 Å². The monoisotopic (exact) mass is 324 g/mol. The van der Waals surface area contributed by atoms with Crippen molar-refractivity contribution in [2.75, 3.05) is 11.8 Å². The standard InChI is InChI=1S/C15H20N2O2S2/c1-3-4-12-5-7-13(8-6-12)17-21(18,19)15-10-9-14(20-15)11-16-2/h5-10,16-17H,3-4,11H2,1-2H3. The molecule has 1 heterocycles. The van der Waals surface area contributed by atoms with Crippen molar-refractivity contribution in [3.63, 3.8) is 0 Å². The molecule has 0 bridgehead atoms. The fourth-order valence-corrected chi connectivity index (χ4v) is 4.43. The minimum Gasteiger partial charge on any atom is -0.315 e. The van der Waals surface area contributed by atoms with E-state index >= 15 is 0 Å². The molecule has 4 nitrogen and oxygen atoms in total. The molecule has 0 atom stereocenters. The smallest absolute Gasteiger partial charge is 0.271 e. The third-order valence-corrected chi connectivity index (χ3v) is 5.96. The van der Waals surface area contributed by atoms with Gasteiger partial charge < -0.3 is 5.32 Å². The first-order valence-corrected chi connectivity index (χ1v) is 9.20. The molecule has 21 heavy (non-hydrogen) atoms. The molecule has 0 unspecified atom stereocenters. The van der Waals surface area contributed by atoms with Crippen LogP contribution < -0.4 is 10.0 Å². The van der Waals surface area contributed by atoms with Gasteiger partial charge in [-0.1, -0.05) is 25.5 Å². The Hall–Kier alpha value is -1.37. The molecule has 0 amide bonds. The van der Waals surface area contributed by atoms with Crippen molar-refractivity contribution in [1.82, 2.24) is 5.32 Å². The highest BCUT2D eigenvalue weighted by atomic mass is 32.2. The van der Waals surface area contributed by atoms with Crippen LogP contribution in [0.15, 0.2) is 40.6 Å². The molecular formula is C15H20N2O2S2. The van der Waals surface area contributed by atoms with Gasteiger partial charge in [-0.25, -0.2) is 8.42 Å². The minimum atomic E-state index is -3.50. The number of hydrogen-bond donors (Lipinski definition) is 2. The molecule has 1 aromatic carbocycles. The van der Waals surface area contributed by atoms with Gasteiger partial charge in [-0.05, 0) is 43.3 Å². The maximum absolute atomic E-state index is 12.3. The average molecular weight is 324 g/mol. The third-order valence-electron chi connectivity index (χ3n) is 3.00. The van der Waals surface area contributed by atoms with Crippen molar-refractivity contribution in [3.05, 3.63) is 46.8 Å². The second kappa shape index (κ2) is 7.06. The Morgan fingerprint density at radius 2 is 1.81 bits per heavy atom. The Morgan fingerprint density at radius 1 is 1.10 bits per heavy atom. The summed E-state index contributed by atoms with van der Waals surface area (Å²) < 4.78 is 27.6. The summed E-state index contributed by atoms with van der Waals surface area (Å²) in [6.07, 6.45) is 2.08. The van der Waals surface area contributed by atoms with Gasteiger partial charge >= 0.3 is 0 Å². The molecule has 114 valence electrons. The lowest BCUT2D eigenvalue weighted by atomic mass is 10.1. The third kappa shape index (κ3) is 4.30. The molecule has 0 aliphatic heterocycles. The van der Waals surface area contributed by atoms with Crippen LogP contribution in [0.2, 0.25) is 0 Å². The number of nitrogens with one attached hydrogen (secondary N) is 2. The molecule has 0 spiro atoms. The highest BCUT2D eigenvalue weighted by Gasteiger charge is 2.16. The summed E-state index contributed by atoms with van der Waals surface area (Å²) in [5.74, 6) is 0. The Balaban J connectivity index is 2.12. The predicted octanol–water partition coefficient (Wildman–Crippen LogP) is 3.22. The van der Waals surface area contributed by atoms with Gasteiger partial charge in [0, 0.05) is 17.1 Å². The Labute approximate surface area is 130 Å². The average Bonchev–Trinajstić information content (AvgIpc) is 2.91. The molecule has 2 N–H and O–H groups in total. The van der Waals surface area contributed by atoms with Crippen LogP contribution in [0.1, 0.15) is 23.8 Å². The summed E-state index contributed by atoms with van der Waals surface area (Å²) in [5.41, 5.74) is 1.81. The van der Waals surface area contributed by atoms with Crippen molar-refractivity contribution in [2.24, 2.45) is 0 Å². The molecule has 0 fully saturated rings. The van der Waals surface area contributed by atoms with Crippen LogP contribution in [0.5, 0.6) is 0 Å². The lowest BCUT2D eigenvalue weighted by molar-refractivity contribution is 0.603. The summed E-state index contributed by atoms with van der Waals surface area (Å²) in [6.45, 7) is 2.79. The Morgan fingerprint density at radius 3 is 2.43 bits per heavy atom. The fraction of sp³-hybridized carbons (Fsp3) is 0.333. The van der Waals surface area contributed by atoms with Crippen molar-refractivity contribution in [3.8, 4) is 0 Å². The van der Waals surface area contributed by atoms with E-state index in [4.69, 9.17) is 0 Å². The number of hydrogen-bond acceptors (Lipinski definition) is 4. The van der Waals surface area contributed by atoms with E-state index in [0.717, 1.165) is 17.7 Å². The van der Waals surface area contributed by atoms with E-state index in [9.17, 15) is 8.42 Å². The van der Waals surface area contributed by atoms with Crippen molar-refractivity contribution >= 4 is 27.0 Å². The maximum atomic E-state index is 12.3. The second-order valence-electron chi connectivity index (χ2n) is 4.80. The zero-order valence-corrected chi connectivity index (χ0v) is 13.9. The van der Waals surface area contributed by atoms with Gasteiger partial charge in [0.05, 0.1) is 0 Å². The lowest BCUT2D eigenvalue weighted by Gasteiger charge is -2.07. The molecule has 0 radical (unpaired) electrons. The number of thiophene rings is 1. The molecule has 0 aliphatic carbocycles. The van der Waals surface area contributed by atoms with E-state index in [1.807, 2.05) is 37.4 Å². The van der Waals surface area contributed by atoms with Crippen molar-refractivity contribution < 1.29 is 8.42 Å². The zero-order chi connectivity index (χ0) is 15.3. The predicted molar refractivity (Wildman–Crippen MR) is 88.3 cm³/mol. The first kappa shape index (κ1) is 16.0.